The van der Waals surface area contributed by atoms with Gasteiger partial charge in [-0.25, -0.2) is 17.1 Å². The Morgan fingerprint density at radius 1 is 1.16 bits per heavy atom. The predicted octanol–water partition coefficient (Wildman–Crippen LogP) is 3.60. The van der Waals surface area contributed by atoms with Gasteiger partial charge in [0.05, 0.1) is 15.6 Å². The normalized spacial score (nSPS) is 11.6. The SMILES string of the molecule is Cc1cc(C(=O)Nc2ccc(F)cc2Cl)cc(S(=O)(=O)N(C)C)c1C. The van der Waals surface area contributed by atoms with Crippen molar-refractivity contribution < 1.29 is 17.6 Å². The molecule has 2 aromatic carbocycles. The van der Waals surface area contributed by atoms with E-state index in [1.807, 2.05) is 0 Å². The number of amides is 1. The van der Waals surface area contributed by atoms with Gasteiger partial charge in [-0.2, -0.15) is 0 Å². The summed E-state index contributed by atoms with van der Waals surface area (Å²) in [6.45, 7) is 3.41. The fraction of sp³-hybridized carbons (Fsp3) is 0.235. The molecule has 0 bridgehead atoms. The number of rotatable bonds is 4. The summed E-state index contributed by atoms with van der Waals surface area (Å²) in [6.07, 6.45) is 0. The van der Waals surface area contributed by atoms with Crippen LogP contribution in [0.1, 0.15) is 21.5 Å². The summed E-state index contributed by atoms with van der Waals surface area (Å²) >= 11 is 5.91. The van der Waals surface area contributed by atoms with E-state index in [0.29, 0.717) is 11.1 Å². The van der Waals surface area contributed by atoms with E-state index in [2.05, 4.69) is 5.32 Å². The van der Waals surface area contributed by atoms with E-state index in [4.69, 9.17) is 11.6 Å². The van der Waals surface area contributed by atoms with Crippen LogP contribution in [0.5, 0.6) is 0 Å². The zero-order chi connectivity index (χ0) is 18.9. The van der Waals surface area contributed by atoms with Crippen molar-refractivity contribution in [3.63, 3.8) is 0 Å². The largest absolute Gasteiger partial charge is 0.321 e. The van der Waals surface area contributed by atoms with Crippen LogP contribution in [-0.2, 0) is 10.0 Å². The molecule has 2 aromatic rings. The summed E-state index contributed by atoms with van der Waals surface area (Å²) in [5.41, 5.74) is 1.65. The fourth-order valence-corrected chi connectivity index (χ4v) is 3.64. The van der Waals surface area contributed by atoms with Crippen LogP contribution in [0.3, 0.4) is 0 Å². The molecular weight excluding hydrogens is 367 g/mol. The summed E-state index contributed by atoms with van der Waals surface area (Å²) in [4.78, 5) is 12.6. The van der Waals surface area contributed by atoms with Crippen molar-refractivity contribution in [1.82, 2.24) is 4.31 Å². The van der Waals surface area contributed by atoms with Crippen molar-refractivity contribution in [3.05, 3.63) is 57.9 Å². The molecule has 0 aromatic heterocycles. The van der Waals surface area contributed by atoms with E-state index in [9.17, 15) is 17.6 Å². The molecule has 0 saturated heterocycles. The minimum absolute atomic E-state index is 0.0540. The minimum Gasteiger partial charge on any atom is -0.321 e. The number of carbonyl (C=O) groups is 1. The van der Waals surface area contributed by atoms with Gasteiger partial charge in [0.15, 0.2) is 0 Å². The van der Waals surface area contributed by atoms with Crippen molar-refractivity contribution in [2.45, 2.75) is 18.7 Å². The summed E-state index contributed by atoms with van der Waals surface area (Å²) in [5.74, 6) is -1.06. The predicted molar refractivity (Wildman–Crippen MR) is 96.2 cm³/mol. The highest BCUT2D eigenvalue weighted by atomic mass is 35.5. The van der Waals surface area contributed by atoms with Gasteiger partial charge in [0.25, 0.3) is 5.91 Å². The number of halogens is 2. The molecule has 134 valence electrons. The molecule has 0 spiro atoms. The zero-order valence-electron chi connectivity index (χ0n) is 14.2. The Hall–Kier alpha value is -1.96. The maximum absolute atomic E-state index is 13.1. The number of hydrogen-bond donors (Lipinski definition) is 1. The van der Waals surface area contributed by atoms with Gasteiger partial charge < -0.3 is 5.32 Å². The van der Waals surface area contributed by atoms with Gasteiger partial charge in [-0.05, 0) is 55.3 Å². The van der Waals surface area contributed by atoms with Crippen LogP contribution < -0.4 is 5.32 Å². The minimum atomic E-state index is -3.70. The number of nitrogens with zero attached hydrogens (tertiary/aromatic N) is 1. The lowest BCUT2D eigenvalue weighted by Crippen LogP contribution is -2.24. The highest BCUT2D eigenvalue weighted by molar-refractivity contribution is 7.89. The van der Waals surface area contributed by atoms with Crippen LogP contribution in [0.2, 0.25) is 5.02 Å². The van der Waals surface area contributed by atoms with E-state index in [1.54, 1.807) is 19.9 Å². The standard InChI is InChI=1S/C17H18ClFN2O3S/c1-10-7-12(8-16(11(10)2)25(23,24)21(3)4)17(22)20-15-6-5-13(19)9-14(15)18/h5-9H,1-4H3,(H,20,22). The molecule has 5 nitrogen and oxygen atoms in total. The molecule has 25 heavy (non-hydrogen) atoms. The van der Waals surface area contributed by atoms with Crippen molar-refractivity contribution in [3.8, 4) is 0 Å². The Balaban J connectivity index is 2.46. The molecule has 1 amide bonds. The van der Waals surface area contributed by atoms with Gasteiger partial charge in [0.1, 0.15) is 5.82 Å². The first-order valence-electron chi connectivity index (χ1n) is 7.34. The molecule has 0 aliphatic rings. The average molecular weight is 385 g/mol. The number of hydrogen-bond acceptors (Lipinski definition) is 3. The molecule has 0 aliphatic carbocycles. The van der Waals surface area contributed by atoms with Gasteiger partial charge in [-0.3, -0.25) is 4.79 Å². The molecule has 2 rings (SSSR count). The highest BCUT2D eigenvalue weighted by Gasteiger charge is 2.23. The Labute approximate surface area is 151 Å². The fourth-order valence-electron chi connectivity index (χ4n) is 2.21. The second kappa shape index (κ2) is 7.11. The van der Waals surface area contributed by atoms with E-state index < -0.39 is 21.7 Å². The molecule has 0 saturated carbocycles. The van der Waals surface area contributed by atoms with Crippen LogP contribution >= 0.6 is 11.6 Å². The van der Waals surface area contributed by atoms with Crippen LogP contribution in [0, 0.1) is 19.7 Å². The molecule has 1 N–H and O–H groups in total. The first-order chi connectivity index (χ1) is 11.5. The zero-order valence-corrected chi connectivity index (χ0v) is 15.8. The maximum Gasteiger partial charge on any atom is 0.255 e. The molecule has 0 fully saturated rings. The maximum atomic E-state index is 13.1. The van der Waals surface area contributed by atoms with E-state index in [1.165, 1.54) is 32.3 Å². The quantitative estimate of drug-likeness (QED) is 0.875. The average Bonchev–Trinajstić information content (AvgIpc) is 2.52. The molecule has 0 radical (unpaired) electrons. The third kappa shape index (κ3) is 4.00. The van der Waals surface area contributed by atoms with Gasteiger partial charge in [-0.15, -0.1) is 0 Å². The van der Waals surface area contributed by atoms with Crippen molar-refractivity contribution in [1.29, 1.82) is 0 Å². The highest BCUT2D eigenvalue weighted by Crippen LogP contribution is 2.26. The van der Waals surface area contributed by atoms with Crippen LogP contribution in [0.4, 0.5) is 10.1 Å². The number of anilines is 1. The molecule has 0 aliphatic heterocycles. The summed E-state index contributed by atoms with van der Waals surface area (Å²) in [7, 11) is -0.844. The second-order valence-electron chi connectivity index (χ2n) is 5.78. The lowest BCUT2D eigenvalue weighted by Gasteiger charge is -2.16. The third-order valence-corrected chi connectivity index (χ3v) is 6.07. The number of benzene rings is 2. The van der Waals surface area contributed by atoms with E-state index >= 15 is 0 Å². The Bertz CT molecular complexity index is 943. The summed E-state index contributed by atoms with van der Waals surface area (Å²) in [6, 6.07) is 6.51. The molecule has 0 atom stereocenters. The Kier molecular flexibility index (Phi) is 5.51. The Morgan fingerprint density at radius 3 is 2.36 bits per heavy atom. The van der Waals surface area contributed by atoms with Gasteiger partial charge in [0, 0.05) is 19.7 Å². The molecule has 0 heterocycles. The molecule has 0 unspecified atom stereocenters. The molecular formula is C17H18ClFN2O3S. The van der Waals surface area contributed by atoms with Crippen molar-refractivity contribution >= 4 is 33.2 Å². The molecule has 8 heteroatoms. The lowest BCUT2D eigenvalue weighted by atomic mass is 10.1. The van der Waals surface area contributed by atoms with Crippen molar-refractivity contribution in [2.75, 3.05) is 19.4 Å². The lowest BCUT2D eigenvalue weighted by molar-refractivity contribution is 0.102. The van der Waals surface area contributed by atoms with E-state index in [-0.39, 0.29) is 21.2 Å². The number of carbonyl (C=O) groups excluding carboxylic acids is 1. The third-order valence-electron chi connectivity index (χ3n) is 3.82. The second-order valence-corrected chi connectivity index (χ2v) is 8.31. The van der Waals surface area contributed by atoms with Crippen LogP contribution in [-0.4, -0.2) is 32.7 Å². The first kappa shape index (κ1) is 19.4. The van der Waals surface area contributed by atoms with Crippen molar-refractivity contribution in [2.24, 2.45) is 0 Å². The van der Waals surface area contributed by atoms with Crippen LogP contribution in [0.25, 0.3) is 0 Å². The number of sulfonamides is 1. The topological polar surface area (TPSA) is 66.5 Å². The number of nitrogens with one attached hydrogen (secondary N) is 1. The van der Waals surface area contributed by atoms with Gasteiger partial charge in [-0.1, -0.05) is 11.6 Å². The van der Waals surface area contributed by atoms with Gasteiger partial charge >= 0.3 is 0 Å². The first-order valence-corrected chi connectivity index (χ1v) is 9.16. The smallest absolute Gasteiger partial charge is 0.255 e. The Morgan fingerprint density at radius 2 is 1.80 bits per heavy atom. The van der Waals surface area contributed by atoms with E-state index in [0.717, 1.165) is 10.4 Å². The summed E-state index contributed by atoms with van der Waals surface area (Å²) in [5, 5.41) is 2.62. The number of aryl methyl sites for hydroxylation is 1. The van der Waals surface area contributed by atoms with Crippen LogP contribution in [0.15, 0.2) is 35.2 Å². The summed E-state index contributed by atoms with van der Waals surface area (Å²) < 4.78 is 39.1. The van der Waals surface area contributed by atoms with Gasteiger partial charge in [0.2, 0.25) is 10.0 Å². The monoisotopic (exact) mass is 384 g/mol.